The molecule has 1 saturated heterocycles. The molecule has 1 aliphatic heterocycles. The molecule has 1 fully saturated rings. The maximum Gasteiger partial charge on any atom is 0.137 e. The van der Waals surface area contributed by atoms with Gasteiger partial charge in [-0.2, -0.15) is 5.26 Å². The summed E-state index contributed by atoms with van der Waals surface area (Å²) in [6.07, 6.45) is 2.14. The molecule has 0 saturated carbocycles. The minimum atomic E-state index is 0.568. The van der Waals surface area contributed by atoms with Gasteiger partial charge in [0.05, 0.1) is 11.4 Å². The monoisotopic (exact) mass is 410 g/mol. The molecule has 1 aliphatic rings. The van der Waals surface area contributed by atoms with E-state index in [0.717, 1.165) is 60.9 Å². The summed E-state index contributed by atoms with van der Waals surface area (Å²) in [4.78, 5) is 13.1. The third-order valence-electron chi connectivity index (χ3n) is 6.13. The van der Waals surface area contributed by atoms with Gasteiger partial charge in [0.2, 0.25) is 0 Å². The SMILES string of the molecule is Cc1ccc(-c2nc3ccc(-c4ccc(C#N)[nH]4)cn3c2CN2CCN(C)CC2)cc1. The van der Waals surface area contributed by atoms with Crippen molar-refractivity contribution in [3.8, 4) is 28.6 Å². The summed E-state index contributed by atoms with van der Waals surface area (Å²) in [7, 11) is 2.18. The van der Waals surface area contributed by atoms with Gasteiger partial charge >= 0.3 is 0 Å². The number of hydrogen-bond acceptors (Lipinski definition) is 4. The van der Waals surface area contributed by atoms with E-state index in [9.17, 15) is 0 Å². The van der Waals surface area contributed by atoms with Crippen molar-refractivity contribution < 1.29 is 0 Å². The fourth-order valence-corrected chi connectivity index (χ4v) is 4.19. The fourth-order valence-electron chi connectivity index (χ4n) is 4.19. The highest BCUT2D eigenvalue weighted by Crippen LogP contribution is 2.28. The Balaban J connectivity index is 1.60. The van der Waals surface area contributed by atoms with Gasteiger partial charge in [-0.15, -0.1) is 0 Å². The summed E-state index contributed by atoms with van der Waals surface area (Å²) in [5.41, 5.74) is 8.13. The van der Waals surface area contributed by atoms with Crippen molar-refractivity contribution in [2.24, 2.45) is 0 Å². The Hall–Kier alpha value is -3.40. The second kappa shape index (κ2) is 8.03. The van der Waals surface area contributed by atoms with Gasteiger partial charge in [-0.25, -0.2) is 4.98 Å². The van der Waals surface area contributed by atoms with Gasteiger partial charge in [0.25, 0.3) is 0 Å². The van der Waals surface area contributed by atoms with Crippen LogP contribution in [0.2, 0.25) is 0 Å². The molecule has 0 aliphatic carbocycles. The van der Waals surface area contributed by atoms with Crippen molar-refractivity contribution >= 4 is 5.65 Å². The molecule has 0 bridgehead atoms. The van der Waals surface area contributed by atoms with Gasteiger partial charge in [-0.1, -0.05) is 29.8 Å². The second-order valence-electron chi connectivity index (χ2n) is 8.40. The van der Waals surface area contributed by atoms with Crippen LogP contribution in [-0.4, -0.2) is 57.4 Å². The number of H-pyrrole nitrogens is 1. The van der Waals surface area contributed by atoms with Crippen molar-refractivity contribution in [3.05, 3.63) is 71.7 Å². The smallest absolute Gasteiger partial charge is 0.137 e. The van der Waals surface area contributed by atoms with Crippen LogP contribution in [-0.2, 0) is 6.54 Å². The average Bonchev–Trinajstić information content (AvgIpc) is 3.41. The second-order valence-corrected chi connectivity index (χ2v) is 8.40. The quantitative estimate of drug-likeness (QED) is 0.554. The normalized spacial score (nSPS) is 15.4. The van der Waals surface area contributed by atoms with Crippen molar-refractivity contribution in [1.82, 2.24) is 24.2 Å². The molecule has 0 spiro atoms. The first kappa shape index (κ1) is 19.6. The number of aromatic amines is 1. The summed E-state index contributed by atoms with van der Waals surface area (Å²) in [5.74, 6) is 0. The first-order valence-electron chi connectivity index (χ1n) is 10.7. The van der Waals surface area contributed by atoms with Gasteiger partial charge in [0.1, 0.15) is 17.4 Å². The molecular formula is C25H26N6. The van der Waals surface area contributed by atoms with Gasteiger partial charge in [0, 0.05) is 55.7 Å². The molecule has 4 aromatic rings. The van der Waals surface area contributed by atoms with Crippen molar-refractivity contribution in [3.63, 3.8) is 0 Å². The molecule has 0 atom stereocenters. The predicted molar refractivity (Wildman–Crippen MR) is 123 cm³/mol. The van der Waals surface area contributed by atoms with E-state index in [1.54, 1.807) is 0 Å². The summed E-state index contributed by atoms with van der Waals surface area (Å²) >= 11 is 0. The lowest BCUT2D eigenvalue weighted by Gasteiger charge is -2.32. The summed E-state index contributed by atoms with van der Waals surface area (Å²) in [6, 6.07) is 18.7. The Morgan fingerprint density at radius 3 is 2.42 bits per heavy atom. The Morgan fingerprint density at radius 1 is 0.968 bits per heavy atom. The zero-order valence-electron chi connectivity index (χ0n) is 18.0. The topological polar surface area (TPSA) is 63.4 Å². The van der Waals surface area contributed by atoms with Crippen LogP contribution in [0.25, 0.3) is 28.2 Å². The lowest BCUT2D eigenvalue weighted by molar-refractivity contribution is 0.147. The summed E-state index contributed by atoms with van der Waals surface area (Å²) in [6.45, 7) is 7.24. The van der Waals surface area contributed by atoms with Gasteiger partial charge in [-0.3, -0.25) is 4.90 Å². The molecule has 156 valence electrons. The number of benzene rings is 1. The van der Waals surface area contributed by atoms with E-state index < -0.39 is 0 Å². The molecule has 4 heterocycles. The third kappa shape index (κ3) is 3.86. The molecular weight excluding hydrogens is 384 g/mol. The number of nitriles is 1. The zero-order chi connectivity index (χ0) is 21.4. The predicted octanol–water partition coefficient (Wildman–Crippen LogP) is 3.92. The zero-order valence-corrected chi connectivity index (χ0v) is 18.0. The van der Waals surface area contributed by atoms with E-state index >= 15 is 0 Å². The van der Waals surface area contributed by atoms with E-state index in [1.807, 2.05) is 12.1 Å². The molecule has 1 aromatic carbocycles. The third-order valence-corrected chi connectivity index (χ3v) is 6.13. The lowest BCUT2D eigenvalue weighted by Crippen LogP contribution is -2.44. The number of likely N-dealkylation sites (N-methyl/N-ethyl adjacent to an activating group) is 1. The highest BCUT2D eigenvalue weighted by Gasteiger charge is 2.20. The molecule has 6 heteroatoms. The number of pyridine rings is 1. The number of nitrogens with zero attached hydrogens (tertiary/aromatic N) is 5. The van der Waals surface area contributed by atoms with Crippen LogP contribution in [0.5, 0.6) is 0 Å². The van der Waals surface area contributed by atoms with Crippen molar-refractivity contribution in [1.29, 1.82) is 5.26 Å². The van der Waals surface area contributed by atoms with Crippen LogP contribution in [0.1, 0.15) is 17.0 Å². The average molecular weight is 411 g/mol. The Labute approximate surface area is 182 Å². The lowest BCUT2D eigenvalue weighted by atomic mass is 10.1. The van der Waals surface area contributed by atoms with E-state index in [0.29, 0.717) is 5.69 Å². The summed E-state index contributed by atoms with van der Waals surface area (Å²) in [5, 5.41) is 9.16. The van der Waals surface area contributed by atoms with Crippen LogP contribution in [0.15, 0.2) is 54.7 Å². The van der Waals surface area contributed by atoms with Crippen LogP contribution in [0.3, 0.4) is 0 Å². The number of imidazole rings is 1. The number of piperazine rings is 1. The number of aromatic nitrogens is 3. The van der Waals surface area contributed by atoms with Crippen molar-refractivity contribution in [2.45, 2.75) is 13.5 Å². The number of aryl methyl sites for hydroxylation is 1. The van der Waals surface area contributed by atoms with Gasteiger partial charge in [-0.05, 0) is 38.2 Å². The first-order chi connectivity index (χ1) is 15.1. The van der Waals surface area contributed by atoms with E-state index in [1.165, 1.54) is 11.3 Å². The molecule has 1 N–H and O–H groups in total. The first-order valence-corrected chi connectivity index (χ1v) is 10.7. The van der Waals surface area contributed by atoms with Gasteiger partial charge < -0.3 is 14.3 Å². The van der Waals surface area contributed by atoms with Crippen LogP contribution >= 0.6 is 0 Å². The van der Waals surface area contributed by atoms with Gasteiger partial charge in [0.15, 0.2) is 0 Å². The van der Waals surface area contributed by atoms with Crippen LogP contribution in [0, 0.1) is 18.3 Å². The molecule has 0 amide bonds. The fraction of sp³-hybridized carbons (Fsp3) is 0.280. The number of nitrogens with one attached hydrogen (secondary N) is 1. The number of fused-ring (bicyclic) bond motifs is 1. The highest BCUT2D eigenvalue weighted by molar-refractivity contribution is 5.69. The molecule has 0 radical (unpaired) electrons. The summed E-state index contributed by atoms with van der Waals surface area (Å²) < 4.78 is 2.22. The van der Waals surface area contributed by atoms with Crippen LogP contribution < -0.4 is 0 Å². The minimum Gasteiger partial charge on any atom is -0.346 e. The van der Waals surface area contributed by atoms with Crippen molar-refractivity contribution in [2.75, 3.05) is 33.2 Å². The molecule has 6 nitrogen and oxygen atoms in total. The highest BCUT2D eigenvalue weighted by atomic mass is 15.3. The molecule has 0 unspecified atom stereocenters. The molecule has 5 rings (SSSR count). The number of hydrogen-bond donors (Lipinski definition) is 1. The Kier molecular flexibility index (Phi) is 5.06. The van der Waals surface area contributed by atoms with Crippen LogP contribution in [0.4, 0.5) is 0 Å². The minimum absolute atomic E-state index is 0.568. The standard InChI is InChI=1S/C25H26N6/c1-18-3-5-19(6-4-18)25-23(17-30-13-11-29(2)12-14-30)31-16-20(7-10-24(31)28-25)22-9-8-21(15-26)27-22/h3-10,16,27H,11-14,17H2,1-2H3. The molecule has 3 aromatic heterocycles. The number of rotatable bonds is 4. The van der Waals surface area contributed by atoms with E-state index in [-0.39, 0.29) is 0 Å². The maximum atomic E-state index is 9.16. The molecule has 31 heavy (non-hydrogen) atoms. The van der Waals surface area contributed by atoms with E-state index in [2.05, 4.69) is 81.8 Å². The Bertz CT molecular complexity index is 1250. The Morgan fingerprint density at radius 2 is 1.71 bits per heavy atom. The van der Waals surface area contributed by atoms with E-state index in [4.69, 9.17) is 10.2 Å². The maximum absolute atomic E-state index is 9.16. The largest absolute Gasteiger partial charge is 0.346 e.